The topological polar surface area (TPSA) is 273 Å². The molecule has 0 aromatic carbocycles. The van der Waals surface area contributed by atoms with Gasteiger partial charge in [-0.3, -0.25) is 14.7 Å². The normalized spacial score (nSPS) is 38.8. The number of β-amino-alcohol motifs (C(OH)–C–C–N with tert-alkyl or cyclic N) is 4. The number of rotatable bonds is 11. The quantitative estimate of drug-likeness (QED) is 0.0996. The standard InChI is InChI=1S/2C10H21NO4.C8H17NO5/c2*1-2-3-4-11-5-8(13)10(15)9(14)7(11)6-12;10-2-1-9-3-6(12)8(14)7(13)5(9)4-11/h2*7-10,12-15H,2-6H2,1H3;5-8,10-14H,1-4H2/t2*7?,8?,9-,10-;5?,6?,7-,8-/m000/s1. The number of aliphatic hydroxyl groups is 13. The molecule has 264 valence electrons. The van der Waals surface area contributed by atoms with Gasteiger partial charge in [-0.05, 0) is 25.9 Å². The predicted octanol–water partition coefficient (Wildman–Crippen LogP) is -6.17. The van der Waals surface area contributed by atoms with Crippen LogP contribution in [0.5, 0.6) is 0 Å². The van der Waals surface area contributed by atoms with Crippen molar-refractivity contribution < 1.29 is 66.4 Å². The van der Waals surface area contributed by atoms with Gasteiger partial charge >= 0.3 is 0 Å². The maximum atomic E-state index is 9.67. The van der Waals surface area contributed by atoms with E-state index in [0.29, 0.717) is 13.1 Å². The Labute approximate surface area is 259 Å². The third kappa shape index (κ3) is 11.6. The first kappa shape index (κ1) is 41.4. The summed E-state index contributed by atoms with van der Waals surface area (Å²) in [6, 6.07) is -1.55. The molecule has 0 bridgehead atoms. The Morgan fingerprint density at radius 1 is 0.432 bits per heavy atom. The fourth-order valence-electron chi connectivity index (χ4n) is 5.76. The molecule has 3 saturated heterocycles. The summed E-state index contributed by atoms with van der Waals surface area (Å²) >= 11 is 0. The summed E-state index contributed by atoms with van der Waals surface area (Å²) in [5.41, 5.74) is 0. The van der Waals surface area contributed by atoms with Crippen molar-refractivity contribution in [3.05, 3.63) is 0 Å². The molecule has 0 aromatic rings. The van der Waals surface area contributed by atoms with Crippen LogP contribution in [0.4, 0.5) is 0 Å². The average Bonchev–Trinajstić information content (AvgIpc) is 3.00. The predicted molar refractivity (Wildman–Crippen MR) is 158 cm³/mol. The fourth-order valence-corrected chi connectivity index (χ4v) is 5.76. The van der Waals surface area contributed by atoms with Gasteiger partial charge in [0.2, 0.25) is 0 Å². The summed E-state index contributed by atoms with van der Waals surface area (Å²) in [4.78, 5) is 5.24. The first-order valence-corrected chi connectivity index (χ1v) is 15.6. The van der Waals surface area contributed by atoms with Crippen molar-refractivity contribution >= 4 is 0 Å². The molecule has 3 fully saturated rings. The van der Waals surface area contributed by atoms with Crippen LogP contribution in [0.25, 0.3) is 0 Å². The fraction of sp³-hybridized carbons (Fsp3) is 1.00. The van der Waals surface area contributed by atoms with E-state index < -0.39 is 73.1 Å². The minimum atomic E-state index is -1.23. The summed E-state index contributed by atoms with van der Waals surface area (Å²) in [7, 11) is 0. The zero-order chi connectivity index (χ0) is 33.6. The van der Waals surface area contributed by atoms with Crippen molar-refractivity contribution in [2.24, 2.45) is 0 Å². The molecule has 44 heavy (non-hydrogen) atoms. The van der Waals surface area contributed by atoms with Crippen molar-refractivity contribution in [1.29, 1.82) is 0 Å². The Morgan fingerprint density at radius 3 is 0.932 bits per heavy atom. The first-order valence-electron chi connectivity index (χ1n) is 15.6. The number of hydrogen-bond acceptors (Lipinski definition) is 16. The van der Waals surface area contributed by atoms with Gasteiger partial charge in [0.15, 0.2) is 0 Å². The average molecular weight is 646 g/mol. The van der Waals surface area contributed by atoms with Crippen LogP contribution in [0, 0.1) is 0 Å². The molecule has 0 amide bonds. The molecule has 0 spiro atoms. The molecule has 3 heterocycles. The number of nitrogens with zero attached hydrogens (tertiary/aromatic N) is 3. The lowest BCUT2D eigenvalue weighted by Gasteiger charge is -2.43. The molecule has 13 N–H and O–H groups in total. The van der Waals surface area contributed by atoms with Crippen LogP contribution in [0.15, 0.2) is 0 Å². The van der Waals surface area contributed by atoms with Crippen LogP contribution in [-0.2, 0) is 0 Å². The minimum absolute atomic E-state index is 0.119. The Bertz CT molecular complexity index is 707. The molecule has 0 aromatic heterocycles. The molecule has 12 atom stereocenters. The second kappa shape index (κ2) is 21.3. The van der Waals surface area contributed by atoms with Gasteiger partial charge in [-0.1, -0.05) is 26.7 Å². The second-order valence-electron chi connectivity index (χ2n) is 11.8. The molecular formula is C28H59N3O13. The maximum Gasteiger partial charge on any atom is 0.109 e. The van der Waals surface area contributed by atoms with E-state index in [1.807, 2.05) is 9.80 Å². The minimum Gasteiger partial charge on any atom is -0.395 e. The van der Waals surface area contributed by atoms with Gasteiger partial charge in [-0.2, -0.15) is 0 Å². The zero-order valence-corrected chi connectivity index (χ0v) is 26.0. The second-order valence-corrected chi connectivity index (χ2v) is 11.8. The van der Waals surface area contributed by atoms with Crippen molar-refractivity contribution in [3.63, 3.8) is 0 Å². The molecule has 3 aliphatic rings. The van der Waals surface area contributed by atoms with Gasteiger partial charge in [-0.15, -0.1) is 0 Å². The van der Waals surface area contributed by atoms with Crippen LogP contribution in [0.3, 0.4) is 0 Å². The molecule has 3 aliphatic heterocycles. The van der Waals surface area contributed by atoms with Crippen molar-refractivity contribution in [1.82, 2.24) is 14.7 Å². The lowest BCUT2D eigenvalue weighted by molar-refractivity contribution is -0.146. The Kier molecular flexibility index (Phi) is 20.0. The highest BCUT2D eigenvalue weighted by Gasteiger charge is 2.42. The Morgan fingerprint density at radius 2 is 0.705 bits per heavy atom. The van der Waals surface area contributed by atoms with E-state index in [1.54, 1.807) is 4.90 Å². The van der Waals surface area contributed by atoms with E-state index in [4.69, 9.17) is 20.4 Å². The number of piperidine rings is 3. The van der Waals surface area contributed by atoms with Gasteiger partial charge in [0.05, 0.1) is 62.9 Å². The third-order valence-electron chi connectivity index (χ3n) is 8.63. The van der Waals surface area contributed by atoms with Gasteiger partial charge in [0.1, 0.15) is 36.6 Å². The lowest BCUT2D eigenvalue weighted by Crippen LogP contribution is -2.62. The summed E-state index contributed by atoms with van der Waals surface area (Å²) in [5.74, 6) is 0. The van der Waals surface area contributed by atoms with E-state index in [1.165, 1.54) is 0 Å². The first-order chi connectivity index (χ1) is 20.8. The van der Waals surface area contributed by atoms with Crippen LogP contribution in [0.1, 0.15) is 39.5 Å². The highest BCUT2D eigenvalue weighted by Crippen LogP contribution is 2.21. The summed E-state index contributed by atoms with van der Waals surface area (Å²) in [6.45, 7) is 5.74. The van der Waals surface area contributed by atoms with E-state index in [-0.39, 0.29) is 39.5 Å². The van der Waals surface area contributed by atoms with Crippen LogP contribution in [-0.4, -0.2) is 220 Å². The Hall–Kier alpha value is -0.640. The molecule has 0 aliphatic carbocycles. The maximum absolute atomic E-state index is 9.67. The number of aliphatic hydroxyl groups excluding tert-OH is 13. The zero-order valence-electron chi connectivity index (χ0n) is 26.0. The smallest absolute Gasteiger partial charge is 0.109 e. The lowest BCUT2D eigenvalue weighted by atomic mass is 9.94. The van der Waals surface area contributed by atoms with Crippen LogP contribution in [0.2, 0.25) is 0 Å². The molecule has 16 nitrogen and oxygen atoms in total. The highest BCUT2D eigenvalue weighted by atomic mass is 16.4. The Balaban J connectivity index is 0.000000330. The van der Waals surface area contributed by atoms with Crippen molar-refractivity contribution in [2.45, 2.75) is 113 Å². The van der Waals surface area contributed by atoms with E-state index in [9.17, 15) is 46.0 Å². The van der Waals surface area contributed by atoms with E-state index in [2.05, 4.69) is 13.8 Å². The number of likely N-dealkylation sites (tertiary alicyclic amines) is 3. The molecular weight excluding hydrogens is 586 g/mol. The highest BCUT2D eigenvalue weighted by molar-refractivity contribution is 4.95. The number of unbranched alkanes of at least 4 members (excludes halogenated alkanes) is 2. The van der Waals surface area contributed by atoms with Gasteiger partial charge in [0, 0.05) is 26.2 Å². The molecule has 6 unspecified atom stereocenters. The number of hydrogen-bond donors (Lipinski definition) is 13. The third-order valence-corrected chi connectivity index (χ3v) is 8.63. The van der Waals surface area contributed by atoms with Gasteiger partial charge < -0.3 is 66.4 Å². The molecule has 3 rings (SSSR count). The van der Waals surface area contributed by atoms with Gasteiger partial charge in [0.25, 0.3) is 0 Å². The molecule has 0 radical (unpaired) electrons. The van der Waals surface area contributed by atoms with Crippen LogP contribution < -0.4 is 0 Å². The van der Waals surface area contributed by atoms with E-state index >= 15 is 0 Å². The summed E-state index contributed by atoms with van der Waals surface area (Å²) in [6.07, 6.45) is -5.84. The SMILES string of the molecule is CCCCN1CC(O)[C@H](O)[C@@H](O)C1CO.CCCCN1CC(O)[C@H](O)[C@@H](O)C1CO.OCCN1CC(O)[C@H](O)[C@@H](O)C1CO. The largest absolute Gasteiger partial charge is 0.395 e. The summed E-state index contributed by atoms with van der Waals surface area (Å²) < 4.78 is 0. The molecule has 16 heteroatoms. The van der Waals surface area contributed by atoms with Gasteiger partial charge in [-0.25, -0.2) is 0 Å². The van der Waals surface area contributed by atoms with E-state index in [0.717, 1.165) is 38.8 Å². The van der Waals surface area contributed by atoms with Crippen molar-refractivity contribution in [2.75, 3.05) is 65.7 Å². The van der Waals surface area contributed by atoms with Crippen molar-refractivity contribution in [3.8, 4) is 0 Å². The monoisotopic (exact) mass is 645 g/mol. The molecule has 0 saturated carbocycles. The van der Waals surface area contributed by atoms with Crippen LogP contribution >= 0.6 is 0 Å². The summed E-state index contributed by atoms with van der Waals surface area (Å²) in [5, 5.41) is 121.